The van der Waals surface area contributed by atoms with Gasteiger partial charge in [-0.05, 0) is 25.8 Å². The van der Waals surface area contributed by atoms with E-state index in [0.717, 1.165) is 24.7 Å². The highest BCUT2D eigenvalue weighted by atomic mass is 32.2. The first-order valence-corrected chi connectivity index (χ1v) is 10.1. The number of nitrogens with zero attached hydrogens (tertiary/aromatic N) is 4. The Morgan fingerprint density at radius 2 is 1.96 bits per heavy atom. The van der Waals surface area contributed by atoms with Gasteiger partial charge >= 0.3 is 0 Å². The maximum atomic E-state index is 4.46. The average Bonchev–Trinajstić information content (AvgIpc) is 2.62. The van der Waals surface area contributed by atoms with Crippen molar-refractivity contribution in [2.24, 2.45) is 0 Å². The molecule has 0 bridgehead atoms. The molecule has 5 nitrogen and oxygen atoms in total. The predicted octanol–water partition coefficient (Wildman–Crippen LogP) is 2.71. The van der Waals surface area contributed by atoms with Gasteiger partial charge in [0, 0.05) is 49.8 Å². The summed E-state index contributed by atoms with van der Waals surface area (Å²) in [6.07, 6.45) is 6.74. The molecular formula is C17H29N5S. The van der Waals surface area contributed by atoms with Gasteiger partial charge in [0.05, 0.1) is 0 Å². The van der Waals surface area contributed by atoms with E-state index in [1.54, 1.807) is 6.33 Å². The van der Waals surface area contributed by atoms with Gasteiger partial charge in [0.2, 0.25) is 0 Å². The van der Waals surface area contributed by atoms with E-state index in [4.69, 9.17) is 0 Å². The molecule has 2 fully saturated rings. The molecule has 0 unspecified atom stereocenters. The van der Waals surface area contributed by atoms with Crippen LogP contribution in [0.3, 0.4) is 0 Å². The highest BCUT2D eigenvalue weighted by molar-refractivity contribution is 7.99. The first kappa shape index (κ1) is 16.8. The monoisotopic (exact) mass is 335 g/mol. The Morgan fingerprint density at radius 3 is 2.70 bits per heavy atom. The fourth-order valence-corrected chi connectivity index (χ4v) is 4.19. The van der Waals surface area contributed by atoms with Crippen molar-refractivity contribution in [3.05, 3.63) is 12.4 Å². The lowest BCUT2D eigenvalue weighted by molar-refractivity contribution is 0.216. The molecule has 0 atom stereocenters. The molecule has 3 rings (SSSR count). The molecule has 6 heteroatoms. The van der Waals surface area contributed by atoms with E-state index < -0.39 is 0 Å². The van der Waals surface area contributed by atoms with E-state index in [9.17, 15) is 0 Å². The van der Waals surface area contributed by atoms with E-state index in [1.165, 1.54) is 56.8 Å². The third-order valence-corrected chi connectivity index (χ3v) is 5.70. The van der Waals surface area contributed by atoms with Crippen molar-refractivity contribution in [2.45, 2.75) is 38.6 Å². The molecule has 3 heterocycles. The molecule has 2 aliphatic heterocycles. The van der Waals surface area contributed by atoms with Crippen LogP contribution in [0.25, 0.3) is 0 Å². The lowest BCUT2D eigenvalue weighted by atomic mass is 10.0. The number of anilines is 2. The number of hydrogen-bond acceptors (Lipinski definition) is 6. The number of nitrogens with one attached hydrogen (secondary N) is 1. The molecule has 0 aliphatic carbocycles. The van der Waals surface area contributed by atoms with Crippen LogP contribution in [0, 0.1) is 0 Å². The Balaban J connectivity index is 1.50. The van der Waals surface area contributed by atoms with Crippen LogP contribution in [0.15, 0.2) is 12.4 Å². The lowest BCUT2D eigenvalue weighted by Crippen LogP contribution is -2.39. The number of hydrogen-bond donors (Lipinski definition) is 1. The van der Waals surface area contributed by atoms with Crippen molar-refractivity contribution < 1.29 is 0 Å². The molecule has 128 valence electrons. The van der Waals surface area contributed by atoms with Gasteiger partial charge in [0.15, 0.2) is 0 Å². The van der Waals surface area contributed by atoms with Crippen LogP contribution in [0.1, 0.15) is 32.6 Å². The molecule has 0 spiro atoms. The number of likely N-dealkylation sites (tertiary alicyclic amines) is 1. The molecule has 0 amide bonds. The van der Waals surface area contributed by atoms with Crippen LogP contribution in [-0.4, -0.2) is 65.1 Å². The molecule has 0 saturated carbocycles. The summed E-state index contributed by atoms with van der Waals surface area (Å²) >= 11 is 2.03. The molecule has 1 N–H and O–H groups in total. The quantitative estimate of drug-likeness (QED) is 0.862. The Labute approximate surface area is 144 Å². The summed E-state index contributed by atoms with van der Waals surface area (Å²) in [5.74, 6) is 4.45. The minimum absolute atomic E-state index is 0.549. The van der Waals surface area contributed by atoms with E-state index >= 15 is 0 Å². The summed E-state index contributed by atoms with van der Waals surface area (Å²) in [5.41, 5.74) is 0. The first-order chi connectivity index (χ1) is 11.3. The second-order valence-corrected chi connectivity index (χ2v) is 7.70. The Morgan fingerprint density at radius 1 is 1.17 bits per heavy atom. The van der Waals surface area contributed by atoms with Gasteiger partial charge in [-0.1, -0.05) is 13.3 Å². The van der Waals surface area contributed by atoms with Gasteiger partial charge < -0.3 is 15.1 Å². The number of piperidine rings is 1. The Kier molecular flexibility index (Phi) is 6.39. The van der Waals surface area contributed by atoms with Crippen LogP contribution >= 0.6 is 11.8 Å². The first-order valence-electron chi connectivity index (χ1n) is 8.99. The van der Waals surface area contributed by atoms with Crippen LogP contribution < -0.4 is 10.2 Å². The normalized spacial score (nSPS) is 20.7. The summed E-state index contributed by atoms with van der Waals surface area (Å²) in [6.45, 7) is 8.13. The SMILES string of the molecule is CCCCN1CCC(Nc2cc(N3CCSCC3)ncn2)CC1. The number of unbranched alkanes of at least 4 members (excludes halogenated alkanes) is 1. The van der Waals surface area contributed by atoms with Crippen molar-refractivity contribution in [1.82, 2.24) is 14.9 Å². The summed E-state index contributed by atoms with van der Waals surface area (Å²) in [7, 11) is 0. The molecule has 1 aromatic rings. The minimum atomic E-state index is 0.549. The Hall–Kier alpha value is -1.01. The summed E-state index contributed by atoms with van der Waals surface area (Å²) < 4.78 is 0. The fourth-order valence-electron chi connectivity index (χ4n) is 3.28. The van der Waals surface area contributed by atoms with Crippen molar-refractivity contribution in [3.8, 4) is 0 Å². The second-order valence-electron chi connectivity index (χ2n) is 6.47. The predicted molar refractivity (Wildman–Crippen MR) is 99.6 cm³/mol. The van der Waals surface area contributed by atoms with Crippen LogP contribution in [0.2, 0.25) is 0 Å². The third kappa shape index (κ3) is 4.98. The van der Waals surface area contributed by atoms with E-state index in [-0.39, 0.29) is 0 Å². The third-order valence-electron chi connectivity index (χ3n) is 4.76. The molecule has 1 aromatic heterocycles. The highest BCUT2D eigenvalue weighted by Crippen LogP contribution is 2.21. The fraction of sp³-hybridized carbons (Fsp3) is 0.765. The molecule has 23 heavy (non-hydrogen) atoms. The van der Waals surface area contributed by atoms with Crippen LogP contribution in [-0.2, 0) is 0 Å². The van der Waals surface area contributed by atoms with Gasteiger partial charge in [-0.3, -0.25) is 0 Å². The van der Waals surface area contributed by atoms with Gasteiger partial charge in [0.1, 0.15) is 18.0 Å². The topological polar surface area (TPSA) is 44.3 Å². The van der Waals surface area contributed by atoms with E-state index in [2.05, 4.69) is 38.1 Å². The lowest BCUT2D eigenvalue weighted by Gasteiger charge is -2.32. The van der Waals surface area contributed by atoms with E-state index in [0.29, 0.717) is 6.04 Å². The number of thioether (sulfide) groups is 1. The summed E-state index contributed by atoms with van der Waals surface area (Å²) in [5, 5.41) is 3.63. The maximum Gasteiger partial charge on any atom is 0.134 e. The second kappa shape index (κ2) is 8.73. The zero-order valence-corrected chi connectivity index (χ0v) is 15.0. The van der Waals surface area contributed by atoms with Crippen molar-refractivity contribution in [2.75, 3.05) is 54.4 Å². The van der Waals surface area contributed by atoms with Gasteiger partial charge in [-0.15, -0.1) is 0 Å². The van der Waals surface area contributed by atoms with Gasteiger partial charge in [-0.25, -0.2) is 9.97 Å². The van der Waals surface area contributed by atoms with Gasteiger partial charge in [0.25, 0.3) is 0 Å². The van der Waals surface area contributed by atoms with Gasteiger partial charge in [-0.2, -0.15) is 11.8 Å². The van der Waals surface area contributed by atoms with Crippen molar-refractivity contribution in [3.63, 3.8) is 0 Å². The smallest absolute Gasteiger partial charge is 0.134 e. The Bertz CT molecular complexity index is 470. The molecular weight excluding hydrogens is 306 g/mol. The zero-order valence-electron chi connectivity index (χ0n) is 14.2. The summed E-state index contributed by atoms with van der Waals surface area (Å²) in [6, 6.07) is 2.67. The highest BCUT2D eigenvalue weighted by Gasteiger charge is 2.19. The molecule has 2 aliphatic rings. The van der Waals surface area contributed by atoms with E-state index in [1.807, 2.05) is 11.8 Å². The largest absolute Gasteiger partial charge is 0.367 e. The molecule has 2 saturated heterocycles. The summed E-state index contributed by atoms with van der Waals surface area (Å²) in [4.78, 5) is 13.9. The minimum Gasteiger partial charge on any atom is -0.367 e. The number of rotatable bonds is 6. The average molecular weight is 336 g/mol. The number of aromatic nitrogens is 2. The van der Waals surface area contributed by atoms with Crippen molar-refractivity contribution >= 4 is 23.4 Å². The molecule has 0 aromatic carbocycles. The molecule has 0 radical (unpaired) electrons. The zero-order chi connectivity index (χ0) is 15.9. The maximum absolute atomic E-state index is 4.46. The van der Waals surface area contributed by atoms with Crippen molar-refractivity contribution in [1.29, 1.82) is 0 Å². The standard InChI is InChI=1S/C17H29N5S/c1-2-3-6-21-7-4-15(5-8-21)20-16-13-17(19-14-18-16)22-9-11-23-12-10-22/h13-15H,2-12H2,1H3,(H,18,19,20). The van der Waals surface area contributed by atoms with Crippen LogP contribution in [0.4, 0.5) is 11.6 Å². The van der Waals surface area contributed by atoms with Crippen LogP contribution in [0.5, 0.6) is 0 Å².